The lowest BCUT2D eigenvalue weighted by Crippen LogP contribution is -2.17. The van der Waals surface area contributed by atoms with Gasteiger partial charge in [0.2, 0.25) is 0 Å². The zero-order valence-corrected chi connectivity index (χ0v) is 37.7. The molecule has 4 heteroatoms. The molecule has 0 fully saturated rings. The van der Waals surface area contributed by atoms with Crippen LogP contribution in [0, 0.1) is 0 Å². The van der Waals surface area contributed by atoms with Crippen LogP contribution in [-0.2, 0) is 21.7 Å². The van der Waals surface area contributed by atoms with Crippen molar-refractivity contribution in [1.29, 1.82) is 0 Å². The third-order valence-electron chi connectivity index (χ3n) is 10.6. The summed E-state index contributed by atoms with van der Waals surface area (Å²) in [6.07, 6.45) is 0. The first-order valence-corrected chi connectivity index (χ1v) is 20.9. The Balaban J connectivity index is 1.69. The van der Waals surface area contributed by atoms with Crippen molar-refractivity contribution in [3.8, 4) is 11.1 Å². The zero-order chi connectivity index (χ0) is 40.8. The molecule has 6 aromatic rings. The monoisotopic (exact) mass is 824 g/mol. The molecule has 6 aromatic carbocycles. The Kier molecular flexibility index (Phi) is 11.5. The number of halogens is 2. The maximum absolute atomic E-state index is 7.94. The minimum atomic E-state index is -0.0415. The Morgan fingerprint density at radius 2 is 0.750 bits per heavy atom. The largest absolute Gasteiger partial charge is 0.309 e. The van der Waals surface area contributed by atoms with Crippen LogP contribution < -0.4 is 9.80 Å². The van der Waals surface area contributed by atoms with Crippen LogP contribution in [-0.4, -0.2) is 0 Å². The number of hydrogen-bond donors (Lipinski definition) is 0. The number of hydrogen-bond acceptors (Lipinski definition) is 2. The molecule has 0 aliphatic heterocycles. The standard InChI is InChI=1S/C52H58BrClN2/c1-49(2,3)37-19-25-42(26-20-37)55(43-27-21-38(22-28-43)50(4,5)6)46-32-36(35-15-13-17-41(53)31-35)33-47(48(46)54)56(44-29-23-39(24-30-44)51(7,8)9)45-18-14-16-40(34-45)52(10,11)12/h13-34H,1-12H3. The minimum Gasteiger partial charge on any atom is -0.309 e. The fourth-order valence-electron chi connectivity index (χ4n) is 7.05. The second-order valence-corrected chi connectivity index (χ2v) is 20.5. The molecule has 0 aliphatic rings. The van der Waals surface area contributed by atoms with Gasteiger partial charge in [-0.2, -0.15) is 0 Å². The van der Waals surface area contributed by atoms with Crippen LogP contribution in [0.15, 0.2) is 138 Å². The summed E-state index contributed by atoms with van der Waals surface area (Å²) < 4.78 is 1.02. The summed E-state index contributed by atoms with van der Waals surface area (Å²) >= 11 is 11.7. The van der Waals surface area contributed by atoms with Crippen LogP contribution >= 0.6 is 27.5 Å². The van der Waals surface area contributed by atoms with Gasteiger partial charge in [-0.1, -0.05) is 171 Å². The van der Waals surface area contributed by atoms with Gasteiger partial charge in [-0.15, -0.1) is 0 Å². The van der Waals surface area contributed by atoms with Gasteiger partial charge in [-0.3, -0.25) is 0 Å². The first-order valence-electron chi connectivity index (χ1n) is 19.7. The van der Waals surface area contributed by atoms with E-state index in [1.54, 1.807) is 0 Å². The highest BCUT2D eigenvalue weighted by Gasteiger charge is 2.27. The summed E-state index contributed by atoms with van der Waals surface area (Å²) in [5.41, 5.74) is 13.2. The van der Waals surface area contributed by atoms with Crippen molar-refractivity contribution in [1.82, 2.24) is 0 Å². The van der Waals surface area contributed by atoms with Crippen LogP contribution in [0.2, 0.25) is 5.02 Å². The molecule has 0 bridgehead atoms. The average molecular weight is 826 g/mol. The molecule has 0 saturated carbocycles. The Bertz CT molecular complexity index is 2240. The lowest BCUT2D eigenvalue weighted by Gasteiger charge is -2.33. The van der Waals surface area contributed by atoms with E-state index in [-0.39, 0.29) is 21.7 Å². The second kappa shape index (κ2) is 15.6. The molecule has 0 aromatic heterocycles. The topological polar surface area (TPSA) is 6.48 Å². The molecule has 0 N–H and O–H groups in total. The smallest absolute Gasteiger partial charge is 0.0887 e. The van der Waals surface area contributed by atoms with Gasteiger partial charge in [0.25, 0.3) is 0 Å². The molecule has 0 atom stereocenters. The third-order valence-corrected chi connectivity index (χ3v) is 11.5. The SMILES string of the molecule is CC(C)(C)c1ccc(N(c2ccc(C(C)(C)C)cc2)c2cc(-c3cccc(Br)c3)cc(N(c3ccc(C(C)(C)C)cc3)c3cccc(C(C)(C)C)c3)c2Cl)cc1. The van der Waals surface area contributed by atoms with Crippen LogP contribution in [0.4, 0.5) is 34.1 Å². The lowest BCUT2D eigenvalue weighted by atomic mass is 9.86. The maximum atomic E-state index is 7.94. The van der Waals surface area contributed by atoms with Crippen LogP contribution in [0.25, 0.3) is 11.1 Å². The summed E-state index contributed by atoms with van der Waals surface area (Å²) in [6, 6.07) is 48.8. The van der Waals surface area contributed by atoms with Crippen molar-refractivity contribution in [3.63, 3.8) is 0 Å². The molecule has 2 nitrogen and oxygen atoms in total. The zero-order valence-electron chi connectivity index (χ0n) is 35.4. The van der Waals surface area contributed by atoms with Crippen molar-refractivity contribution in [3.05, 3.63) is 165 Å². The van der Waals surface area contributed by atoms with Crippen LogP contribution in [0.1, 0.15) is 105 Å². The predicted molar refractivity (Wildman–Crippen MR) is 249 cm³/mol. The average Bonchev–Trinajstić information content (AvgIpc) is 3.12. The van der Waals surface area contributed by atoms with Crippen LogP contribution in [0.3, 0.4) is 0 Å². The molecule has 0 heterocycles. The van der Waals surface area contributed by atoms with E-state index in [1.165, 1.54) is 22.3 Å². The number of rotatable bonds is 7. The molecule has 0 saturated heterocycles. The Morgan fingerprint density at radius 3 is 1.12 bits per heavy atom. The van der Waals surface area contributed by atoms with E-state index in [9.17, 15) is 0 Å². The maximum Gasteiger partial charge on any atom is 0.0887 e. The van der Waals surface area contributed by atoms with Gasteiger partial charge in [0.15, 0.2) is 0 Å². The van der Waals surface area contributed by atoms with E-state index >= 15 is 0 Å². The van der Waals surface area contributed by atoms with Gasteiger partial charge < -0.3 is 9.80 Å². The first-order chi connectivity index (χ1) is 26.1. The summed E-state index contributed by atoms with van der Waals surface area (Å²) in [4.78, 5) is 4.65. The normalized spacial score (nSPS) is 12.5. The Morgan fingerprint density at radius 1 is 0.375 bits per heavy atom. The highest BCUT2D eigenvalue weighted by Crippen LogP contribution is 2.50. The van der Waals surface area contributed by atoms with Gasteiger partial charge >= 0.3 is 0 Å². The molecule has 0 spiro atoms. The molecule has 6 rings (SSSR count). The van der Waals surface area contributed by atoms with E-state index in [0.29, 0.717) is 5.02 Å². The van der Waals surface area contributed by atoms with Crippen LogP contribution in [0.5, 0.6) is 0 Å². The van der Waals surface area contributed by atoms with Crippen molar-refractivity contribution in [2.75, 3.05) is 9.80 Å². The van der Waals surface area contributed by atoms with Gasteiger partial charge in [-0.05, 0) is 128 Å². The Hall–Kier alpha value is -4.31. The van der Waals surface area contributed by atoms with E-state index in [2.05, 4.69) is 242 Å². The molecule has 290 valence electrons. The van der Waals surface area contributed by atoms with Gasteiger partial charge in [-0.25, -0.2) is 0 Å². The van der Waals surface area contributed by atoms with E-state index < -0.39 is 0 Å². The van der Waals surface area contributed by atoms with E-state index in [0.717, 1.165) is 49.7 Å². The van der Waals surface area contributed by atoms with Crippen molar-refractivity contribution in [2.24, 2.45) is 0 Å². The van der Waals surface area contributed by atoms with Crippen molar-refractivity contribution in [2.45, 2.75) is 105 Å². The fourth-order valence-corrected chi connectivity index (χ4v) is 7.73. The highest BCUT2D eigenvalue weighted by atomic mass is 79.9. The van der Waals surface area contributed by atoms with Crippen molar-refractivity contribution < 1.29 is 0 Å². The van der Waals surface area contributed by atoms with E-state index in [4.69, 9.17) is 11.6 Å². The lowest BCUT2D eigenvalue weighted by molar-refractivity contribution is 0.590. The van der Waals surface area contributed by atoms with Crippen molar-refractivity contribution >= 4 is 61.7 Å². The highest BCUT2D eigenvalue weighted by molar-refractivity contribution is 9.10. The second-order valence-electron chi connectivity index (χ2n) is 19.2. The molecule has 56 heavy (non-hydrogen) atoms. The quantitative estimate of drug-likeness (QED) is 0.158. The predicted octanol–water partition coefficient (Wildman–Crippen LogP) is 16.9. The number of benzene rings is 6. The van der Waals surface area contributed by atoms with Gasteiger partial charge in [0.05, 0.1) is 16.4 Å². The molecule has 0 radical (unpaired) electrons. The molecule has 0 aliphatic carbocycles. The Labute approximate surface area is 350 Å². The molecule has 0 amide bonds. The van der Waals surface area contributed by atoms with E-state index in [1.807, 2.05) is 0 Å². The first kappa shape index (κ1) is 41.3. The minimum absolute atomic E-state index is 0.0204. The molecular weight excluding hydrogens is 768 g/mol. The van der Waals surface area contributed by atoms with Gasteiger partial charge in [0, 0.05) is 27.2 Å². The molecule has 0 unspecified atom stereocenters. The number of nitrogens with zero attached hydrogens (tertiary/aromatic N) is 2. The fraction of sp³-hybridized carbons (Fsp3) is 0.308. The van der Waals surface area contributed by atoms with Gasteiger partial charge in [0.1, 0.15) is 0 Å². The summed E-state index contributed by atoms with van der Waals surface area (Å²) in [7, 11) is 0. The summed E-state index contributed by atoms with van der Waals surface area (Å²) in [6.45, 7) is 27.1. The summed E-state index contributed by atoms with van der Waals surface area (Å²) in [5, 5.41) is 0.657. The third kappa shape index (κ3) is 9.11. The molecular formula is C52H58BrClN2. The summed E-state index contributed by atoms with van der Waals surface area (Å²) in [5.74, 6) is 0. The number of anilines is 6.